The highest BCUT2D eigenvalue weighted by Crippen LogP contribution is 2.47. The van der Waals surface area contributed by atoms with Crippen LogP contribution in [-0.2, 0) is 17.0 Å². The topological polar surface area (TPSA) is 62.7 Å². The number of hydrogen-bond acceptors (Lipinski definition) is 4. The molecule has 0 fully saturated rings. The minimum Gasteiger partial charge on any atom is -0.396 e. The molecule has 0 saturated heterocycles. The Morgan fingerprint density at radius 2 is 1.91 bits per heavy atom. The van der Waals surface area contributed by atoms with Crippen LogP contribution in [0.2, 0.25) is 10.0 Å². The molecule has 0 aliphatic carbocycles. The maximum Gasteiger partial charge on any atom is 0.257 e. The molecule has 1 N–H and O–H groups in total. The molecule has 8 heteroatoms. The highest BCUT2D eigenvalue weighted by molar-refractivity contribution is 9.10. The fourth-order valence-electron chi connectivity index (χ4n) is 3.78. The van der Waals surface area contributed by atoms with Gasteiger partial charge in [0.2, 0.25) is 0 Å². The summed E-state index contributed by atoms with van der Waals surface area (Å²) in [5.74, 6) is -1.15. The number of nitrogens with zero attached hydrogens (tertiary/aromatic N) is 2. The highest BCUT2D eigenvalue weighted by atomic mass is 79.9. The summed E-state index contributed by atoms with van der Waals surface area (Å²) in [5.41, 5.74) is 0.863. The largest absolute Gasteiger partial charge is 0.396 e. The fourth-order valence-corrected chi connectivity index (χ4v) is 4.38. The smallest absolute Gasteiger partial charge is 0.257 e. The predicted molar refractivity (Wildman–Crippen MR) is 128 cm³/mol. The number of aromatic nitrogens is 1. The van der Waals surface area contributed by atoms with Crippen LogP contribution in [0.3, 0.4) is 0 Å². The number of amides is 1. The summed E-state index contributed by atoms with van der Waals surface area (Å²) in [6.07, 6.45) is 1.51. The Bertz CT molecular complexity index is 1210. The molecule has 0 spiro atoms. The van der Waals surface area contributed by atoms with E-state index < -0.39 is 18.2 Å². The quantitative estimate of drug-likeness (QED) is 0.423. The Labute approximate surface area is 207 Å². The molecular weight excluding hydrogens is 515 g/mol. The number of fused-ring (bicyclic) bond motifs is 1. The van der Waals surface area contributed by atoms with Crippen molar-refractivity contribution in [2.75, 3.05) is 13.2 Å². The molecular formula is C24H21BrCl2N2O3. The lowest BCUT2D eigenvalue weighted by Gasteiger charge is -2.40. The molecule has 2 atom stereocenters. The van der Waals surface area contributed by atoms with Gasteiger partial charge >= 0.3 is 0 Å². The first-order valence-electron chi connectivity index (χ1n) is 10.9. The lowest BCUT2D eigenvalue weighted by Crippen LogP contribution is -2.47. The van der Waals surface area contributed by atoms with E-state index in [1.807, 2.05) is 6.07 Å². The molecule has 4 rings (SSSR count). The Kier molecular flexibility index (Phi) is 6.12. The zero-order chi connectivity index (χ0) is 24.7. The molecule has 0 bridgehead atoms. The molecule has 1 aliphatic rings. The summed E-state index contributed by atoms with van der Waals surface area (Å²) in [6.45, 7) is -0.986. The van der Waals surface area contributed by atoms with Crippen molar-refractivity contribution in [3.63, 3.8) is 0 Å². The van der Waals surface area contributed by atoms with Crippen LogP contribution in [0.5, 0.6) is 0 Å². The van der Waals surface area contributed by atoms with Crippen molar-refractivity contribution >= 4 is 45.0 Å². The number of benzene rings is 2. The number of aliphatic hydroxyl groups is 1. The van der Waals surface area contributed by atoms with Crippen LogP contribution >= 0.6 is 39.1 Å². The van der Waals surface area contributed by atoms with E-state index in [1.54, 1.807) is 60.4 Å². The van der Waals surface area contributed by atoms with Crippen molar-refractivity contribution in [3.05, 3.63) is 97.7 Å². The summed E-state index contributed by atoms with van der Waals surface area (Å²) < 4.78 is 22.5. The highest BCUT2D eigenvalue weighted by Gasteiger charge is 2.52. The van der Waals surface area contributed by atoms with Crippen LogP contribution in [0, 0.1) is 5.92 Å². The van der Waals surface area contributed by atoms with Gasteiger partial charge in [-0.2, -0.15) is 0 Å². The first kappa shape index (κ1) is 20.6. The third-order valence-electron chi connectivity index (χ3n) is 5.31. The lowest BCUT2D eigenvalue weighted by atomic mass is 9.93. The first-order valence-corrected chi connectivity index (χ1v) is 11.4. The predicted octanol–water partition coefficient (Wildman–Crippen LogP) is 5.65. The van der Waals surface area contributed by atoms with Gasteiger partial charge in [-0.3, -0.25) is 14.7 Å². The van der Waals surface area contributed by atoms with Gasteiger partial charge in [-0.25, -0.2) is 0 Å². The van der Waals surface area contributed by atoms with E-state index in [0.29, 0.717) is 32.4 Å². The van der Waals surface area contributed by atoms with Gasteiger partial charge in [0.25, 0.3) is 5.91 Å². The zero-order valence-corrected chi connectivity index (χ0v) is 20.2. The van der Waals surface area contributed by atoms with Crippen LogP contribution in [0.15, 0.2) is 65.3 Å². The Balaban J connectivity index is 1.90. The van der Waals surface area contributed by atoms with E-state index in [-0.39, 0.29) is 19.1 Å². The summed E-state index contributed by atoms with van der Waals surface area (Å²) in [6, 6.07) is 15.7. The van der Waals surface area contributed by atoms with E-state index in [2.05, 4.69) is 20.9 Å². The standard InChI is InChI=1S/C24H21BrCl2N2O3/c1-15(13-30)14-32-24(16-2-5-18(26)6-3-16)22-9-4-17(25)10-21(22)23(31)29(24)12-20-8-7-19(27)11-28-20/h2-11,15,30H,12-14H2,1H3/t15-,24?/m0/s1/i13D2. The Morgan fingerprint density at radius 3 is 2.56 bits per heavy atom. The number of hydrogen-bond donors (Lipinski definition) is 1. The van der Waals surface area contributed by atoms with E-state index in [9.17, 15) is 9.90 Å². The van der Waals surface area contributed by atoms with Gasteiger partial charge in [-0.1, -0.05) is 64.3 Å². The van der Waals surface area contributed by atoms with Crippen molar-refractivity contribution in [1.82, 2.24) is 9.88 Å². The third kappa shape index (κ3) is 4.30. The van der Waals surface area contributed by atoms with Crippen molar-refractivity contribution in [2.45, 2.75) is 19.2 Å². The van der Waals surface area contributed by atoms with Gasteiger partial charge in [-0.05, 0) is 36.4 Å². The lowest BCUT2D eigenvalue weighted by molar-refractivity contribution is -0.123. The summed E-state index contributed by atoms with van der Waals surface area (Å²) >= 11 is 15.6. The number of ether oxygens (including phenoxy) is 1. The fraction of sp³-hybridized carbons (Fsp3) is 0.250. The normalized spacial score (nSPS) is 20.0. The van der Waals surface area contributed by atoms with Crippen LogP contribution in [0.4, 0.5) is 0 Å². The number of carbonyl (C=O) groups is 1. The number of rotatable bonds is 7. The maximum absolute atomic E-state index is 13.7. The second kappa shape index (κ2) is 9.49. The molecule has 1 aliphatic heterocycles. The molecule has 1 aromatic heterocycles. The monoisotopic (exact) mass is 536 g/mol. The van der Waals surface area contributed by atoms with E-state index in [4.69, 9.17) is 30.7 Å². The summed E-state index contributed by atoms with van der Waals surface area (Å²) in [5, 5.41) is 10.9. The van der Waals surface area contributed by atoms with Gasteiger partial charge < -0.3 is 9.84 Å². The average molecular weight is 538 g/mol. The van der Waals surface area contributed by atoms with Crippen LogP contribution in [-0.4, -0.2) is 34.1 Å². The zero-order valence-electron chi connectivity index (χ0n) is 19.1. The van der Waals surface area contributed by atoms with Gasteiger partial charge in [0.05, 0.1) is 26.6 Å². The number of carbonyl (C=O) groups excluding carboxylic acids is 1. The molecule has 0 saturated carbocycles. The molecule has 3 aromatic rings. The van der Waals surface area contributed by atoms with Gasteiger partial charge in [0.1, 0.15) is 0 Å². The minimum absolute atomic E-state index is 0.103. The van der Waals surface area contributed by atoms with Gasteiger partial charge in [-0.15, -0.1) is 0 Å². The number of pyridine rings is 1. The van der Waals surface area contributed by atoms with Crippen LogP contribution < -0.4 is 0 Å². The van der Waals surface area contributed by atoms with Crippen LogP contribution in [0.1, 0.15) is 36.8 Å². The molecule has 0 radical (unpaired) electrons. The van der Waals surface area contributed by atoms with Gasteiger partial charge in [0.15, 0.2) is 5.72 Å². The second-order valence-electron chi connectivity index (χ2n) is 7.54. The van der Waals surface area contributed by atoms with Crippen molar-refractivity contribution < 1.29 is 17.4 Å². The average Bonchev–Trinajstić information content (AvgIpc) is 3.01. The first-order chi connectivity index (χ1) is 16.0. The molecule has 2 aromatic carbocycles. The SMILES string of the molecule is [2H]C([2H])(O)[C@H](C)COC1(c2ccc(Cl)cc2)c2ccc(Br)cc2C(=O)N1Cc1ccc(Cl)cn1. The van der Waals surface area contributed by atoms with Crippen molar-refractivity contribution in [3.8, 4) is 0 Å². The minimum atomic E-state index is -2.46. The summed E-state index contributed by atoms with van der Waals surface area (Å²) in [4.78, 5) is 19.7. The molecule has 32 heavy (non-hydrogen) atoms. The maximum atomic E-state index is 13.7. The molecule has 2 heterocycles. The van der Waals surface area contributed by atoms with E-state index in [0.717, 1.165) is 4.47 Å². The number of halogens is 3. The van der Waals surface area contributed by atoms with E-state index in [1.165, 1.54) is 6.20 Å². The van der Waals surface area contributed by atoms with Crippen LogP contribution in [0.25, 0.3) is 0 Å². The molecule has 166 valence electrons. The molecule has 1 unspecified atom stereocenters. The molecule has 1 amide bonds. The second-order valence-corrected chi connectivity index (χ2v) is 9.33. The van der Waals surface area contributed by atoms with Gasteiger partial charge in [0, 0.05) is 44.9 Å². The Hall–Kier alpha value is -1.96. The van der Waals surface area contributed by atoms with E-state index >= 15 is 0 Å². The van der Waals surface area contributed by atoms with Crippen molar-refractivity contribution in [1.29, 1.82) is 0 Å². The Morgan fingerprint density at radius 1 is 1.19 bits per heavy atom. The molecule has 5 nitrogen and oxygen atoms in total. The third-order valence-corrected chi connectivity index (χ3v) is 6.28. The van der Waals surface area contributed by atoms with Crippen molar-refractivity contribution in [2.24, 2.45) is 5.92 Å². The summed E-state index contributed by atoms with van der Waals surface area (Å²) in [7, 11) is 0.